The van der Waals surface area contributed by atoms with Crippen molar-refractivity contribution in [2.24, 2.45) is 0 Å². The van der Waals surface area contributed by atoms with Crippen LogP contribution in [0.1, 0.15) is 22.0 Å². The Kier molecular flexibility index (Phi) is 6.60. The molecule has 0 aliphatic rings. The Morgan fingerprint density at radius 3 is 2.52 bits per heavy atom. The quantitative estimate of drug-likeness (QED) is 0.400. The number of benzene rings is 2. The summed E-state index contributed by atoms with van der Waals surface area (Å²) in [5, 5.41) is 9.23. The monoisotopic (exact) mass is 444 g/mol. The molecular formula is C24H20N4O5. The topological polar surface area (TPSA) is 119 Å². The number of nitrogens with zero attached hydrogens (tertiary/aromatic N) is 2. The lowest BCUT2D eigenvalue weighted by molar-refractivity contribution is -0.118. The van der Waals surface area contributed by atoms with Crippen LogP contribution in [0.5, 0.6) is 5.75 Å². The number of amides is 2. The van der Waals surface area contributed by atoms with Gasteiger partial charge < -0.3 is 24.3 Å². The molecule has 0 spiro atoms. The van der Waals surface area contributed by atoms with E-state index in [1.54, 1.807) is 73.8 Å². The van der Waals surface area contributed by atoms with Crippen LogP contribution in [0.25, 0.3) is 17.5 Å². The first kappa shape index (κ1) is 21.6. The maximum Gasteiger partial charge on any atom is 0.268 e. The molecule has 2 N–H and O–H groups in total. The molecule has 2 aromatic carbocycles. The van der Waals surface area contributed by atoms with E-state index in [1.165, 1.54) is 12.3 Å². The fraction of sp³-hybridized carbons (Fsp3) is 0.0833. The third kappa shape index (κ3) is 5.53. The maximum atomic E-state index is 12.8. The third-order valence-corrected chi connectivity index (χ3v) is 4.58. The fourth-order valence-corrected chi connectivity index (χ4v) is 2.89. The van der Waals surface area contributed by atoms with E-state index in [-0.39, 0.29) is 18.1 Å². The van der Waals surface area contributed by atoms with Crippen molar-refractivity contribution in [2.45, 2.75) is 6.54 Å². The number of carbonyl (C=O) groups is 2. The van der Waals surface area contributed by atoms with Gasteiger partial charge in [0.05, 0.1) is 19.9 Å². The van der Waals surface area contributed by atoms with Crippen LogP contribution in [0.15, 0.2) is 87.6 Å². The Labute approximate surface area is 189 Å². The molecule has 2 heterocycles. The van der Waals surface area contributed by atoms with Gasteiger partial charge in [0.1, 0.15) is 17.2 Å². The molecule has 0 aliphatic heterocycles. The average molecular weight is 444 g/mol. The summed E-state index contributed by atoms with van der Waals surface area (Å²) < 4.78 is 15.6. The highest BCUT2D eigenvalue weighted by Crippen LogP contribution is 2.19. The number of rotatable bonds is 8. The summed E-state index contributed by atoms with van der Waals surface area (Å²) in [6.45, 7) is -0.0291. The highest BCUT2D eigenvalue weighted by molar-refractivity contribution is 6.05. The van der Waals surface area contributed by atoms with E-state index in [0.717, 1.165) is 5.56 Å². The van der Waals surface area contributed by atoms with Crippen molar-refractivity contribution in [3.05, 3.63) is 95.9 Å². The van der Waals surface area contributed by atoms with Crippen LogP contribution in [0, 0.1) is 0 Å². The minimum Gasteiger partial charge on any atom is -0.497 e. The second-order valence-electron chi connectivity index (χ2n) is 6.82. The van der Waals surface area contributed by atoms with Crippen molar-refractivity contribution < 1.29 is 23.3 Å². The second kappa shape index (κ2) is 10.1. The Hall–Kier alpha value is -4.66. The van der Waals surface area contributed by atoms with Gasteiger partial charge in [-0.15, -0.1) is 0 Å². The van der Waals surface area contributed by atoms with Crippen molar-refractivity contribution in [2.75, 3.05) is 7.11 Å². The van der Waals surface area contributed by atoms with Gasteiger partial charge in [0, 0.05) is 17.2 Å². The molecule has 0 atom stereocenters. The van der Waals surface area contributed by atoms with Gasteiger partial charge in [0.25, 0.3) is 11.8 Å². The Bertz CT molecular complexity index is 1250. The fourth-order valence-electron chi connectivity index (χ4n) is 2.89. The van der Waals surface area contributed by atoms with Gasteiger partial charge in [0.2, 0.25) is 11.7 Å². The molecule has 2 amide bonds. The molecule has 2 aromatic heterocycles. The normalized spacial score (nSPS) is 11.1. The summed E-state index contributed by atoms with van der Waals surface area (Å²) in [6, 6.07) is 19.1. The van der Waals surface area contributed by atoms with Gasteiger partial charge >= 0.3 is 0 Å². The number of carbonyl (C=O) groups excluding carboxylic acids is 2. The van der Waals surface area contributed by atoms with Crippen LogP contribution in [0.3, 0.4) is 0 Å². The van der Waals surface area contributed by atoms with Crippen molar-refractivity contribution in [1.82, 2.24) is 20.8 Å². The van der Waals surface area contributed by atoms with E-state index in [2.05, 4.69) is 20.8 Å². The van der Waals surface area contributed by atoms with Crippen LogP contribution in [-0.2, 0) is 11.3 Å². The van der Waals surface area contributed by atoms with Gasteiger partial charge in [-0.25, -0.2) is 0 Å². The van der Waals surface area contributed by atoms with E-state index >= 15 is 0 Å². The van der Waals surface area contributed by atoms with Crippen molar-refractivity contribution in [3.8, 4) is 17.1 Å². The van der Waals surface area contributed by atoms with Crippen LogP contribution >= 0.6 is 0 Å². The molecule has 0 aliphatic carbocycles. The molecule has 166 valence electrons. The molecule has 0 saturated heterocycles. The highest BCUT2D eigenvalue weighted by Gasteiger charge is 2.17. The lowest BCUT2D eigenvalue weighted by atomic mass is 10.2. The number of nitrogens with one attached hydrogen (secondary N) is 2. The van der Waals surface area contributed by atoms with E-state index in [9.17, 15) is 9.59 Å². The van der Waals surface area contributed by atoms with Gasteiger partial charge in [-0.2, -0.15) is 4.98 Å². The summed E-state index contributed by atoms with van der Waals surface area (Å²) in [6.07, 6.45) is 2.91. The molecule has 0 saturated carbocycles. The first-order valence-corrected chi connectivity index (χ1v) is 9.99. The summed E-state index contributed by atoms with van der Waals surface area (Å²) in [7, 11) is 1.58. The van der Waals surface area contributed by atoms with Gasteiger partial charge in [-0.05, 0) is 48.5 Å². The predicted molar refractivity (Wildman–Crippen MR) is 119 cm³/mol. The first-order chi connectivity index (χ1) is 16.1. The van der Waals surface area contributed by atoms with Gasteiger partial charge in [0.15, 0.2) is 0 Å². The molecule has 0 bridgehead atoms. The largest absolute Gasteiger partial charge is 0.497 e. The second-order valence-corrected chi connectivity index (χ2v) is 6.82. The van der Waals surface area contributed by atoms with E-state index in [1.807, 2.05) is 0 Å². The van der Waals surface area contributed by atoms with Gasteiger partial charge in [-0.1, -0.05) is 23.4 Å². The lowest BCUT2D eigenvalue weighted by Gasteiger charge is -2.09. The number of furan rings is 1. The molecule has 9 heteroatoms. The molecule has 4 rings (SSSR count). The number of hydrogen-bond donors (Lipinski definition) is 2. The molecule has 0 unspecified atom stereocenters. The summed E-state index contributed by atoms with van der Waals surface area (Å²) in [5.74, 6) is 0.741. The summed E-state index contributed by atoms with van der Waals surface area (Å²) in [5.41, 5.74) is 1.16. The van der Waals surface area contributed by atoms with Crippen molar-refractivity contribution in [1.29, 1.82) is 0 Å². The molecule has 9 nitrogen and oxygen atoms in total. The SMILES string of the molecule is COc1ccc(-c2noc(CNC(=O)/C(=C/c3ccco3)NC(=O)c3ccccc3)n2)cc1. The third-order valence-electron chi connectivity index (χ3n) is 4.58. The minimum absolute atomic E-state index is 0.00805. The standard InChI is InChI=1S/C24H20N4O5/c1-31-18-11-9-16(10-12-18)22-27-21(33-28-22)15-25-24(30)20(14-19-8-5-13-32-19)26-23(29)17-6-3-2-4-7-17/h2-14H,15H2,1H3,(H,25,30)(H,26,29)/b20-14-. The first-order valence-electron chi connectivity index (χ1n) is 9.99. The molecule has 0 fully saturated rings. The number of methoxy groups -OCH3 is 1. The smallest absolute Gasteiger partial charge is 0.268 e. The molecular weight excluding hydrogens is 424 g/mol. The van der Waals surface area contributed by atoms with Crippen LogP contribution in [0.2, 0.25) is 0 Å². The molecule has 4 aromatic rings. The van der Waals surface area contributed by atoms with Crippen LogP contribution in [0.4, 0.5) is 0 Å². The number of hydrogen-bond acceptors (Lipinski definition) is 7. The zero-order chi connectivity index (χ0) is 23.0. The zero-order valence-corrected chi connectivity index (χ0v) is 17.6. The Balaban J connectivity index is 1.45. The molecule has 0 radical (unpaired) electrons. The molecule has 33 heavy (non-hydrogen) atoms. The highest BCUT2D eigenvalue weighted by atomic mass is 16.5. The lowest BCUT2D eigenvalue weighted by Crippen LogP contribution is -2.34. The van der Waals surface area contributed by atoms with E-state index in [4.69, 9.17) is 13.7 Å². The summed E-state index contributed by atoms with van der Waals surface area (Å²) >= 11 is 0. The average Bonchev–Trinajstić information content (AvgIpc) is 3.55. The van der Waals surface area contributed by atoms with Crippen molar-refractivity contribution in [3.63, 3.8) is 0 Å². The van der Waals surface area contributed by atoms with Crippen molar-refractivity contribution >= 4 is 17.9 Å². The number of aromatic nitrogens is 2. The zero-order valence-electron chi connectivity index (χ0n) is 17.6. The number of ether oxygens (including phenoxy) is 1. The van der Waals surface area contributed by atoms with E-state index in [0.29, 0.717) is 22.9 Å². The van der Waals surface area contributed by atoms with Gasteiger partial charge in [-0.3, -0.25) is 9.59 Å². The van der Waals surface area contributed by atoms with Crippen LogP contribution < -0.4 is 15.4 Å². The Morgan fingerprint density at radius 2 is 1.82 bits per heavy atom. The summed E-state index contributed by atoms with van der Waals surface area (Å²) in [4.78, 5) is 29.7. The van der Waals surface area contributed by atoms with E-state index < -0.39 is 11.8 Å². The maximum absolute atomic E-state index is 12.8. The van der Waals surface area contributed by atoms with Crippen LogP contribution in [-0.4, -0.2) is 29.1 Å². The minimum atomic E-state index is -0.542. The Morgan fingerprint density at radius 1 is 1.03 bits per heavy atom. The predicted octanol–water partition coefficient (Wildman–Crippen LogP) is 3.43.